The first-order chi connectivity index (χ1) is 6.49. The molecule has 80 valence electrons. The Morgan fingerprint density at radius 2 is 2.14 bits per heavy atom. The lowest BCUT2D eigenvalue weighted by Crippen LogP contribution is -2.34. The second kappa shape index (κ2) is 6.22. The molecule has 1 amide bonds. The summed E-state index contributed by atoms with van der Waals surface area (Å²) in [5.74, 6) is 0. The van der Waals surface area contributed by atoms with Gasteiger partial charge in [0.05, 0.1) is 12.2 Å². The van der Waals surface area contributed by atoms with Crippen molar-refractivity contribution in [1.29, 1.82) is 5.26 Å². The molecule has 0 bridgehead atoms. The Bertz CT molecular complexity index is 223. The number of aliphatic hydroxyl groups is 1. The lowest BCUT2D eigenvalue weighted by molar-refractivity contribution is 0.142. The number of carboxylic acid groups (broad SMARTS) is 1. The molecule has 2 atom stereocenters. The lowest BCUT2D eigenvalue weighted by atomic mass is 10.1. The van der Waals surface area contributed by atoms with Gasteiger partial charge in [0.2, 0.25) is 0 Å². The molecular weight excluding hydrogens is 184 g/mol. The van der Waals surface area contributed by atoms with Crippen molar-refractivity contribution in [3.8, 4) is 6.07 Å². The van der Waals surface area contributed by atoms with Crippen molar-refractivity contribution in [3.05, 3.63) is 0 Å². The van der Waals surface area contributed by atoms with Crippen LogP contribution in [0.25, 0.3) is 0 Å². The zero-order valence-corrected chi connectivity index (χ0v) is 8.47. The topological polar surface area (TPSA) is 84.6 Å². The quantitative estimate of drug-likeness (QED) is 0.694. The molecular formula is C9H16N2O3. The van der Waals surface area contributed by atoms with Crippen molar-refractivity contribution in [1.82, 2.24) is 4.90 Å². The average molecular weight is 200 g/mol. The van der Waals surface area contributed by atoms with Crippen LogP contribution in [0.3, 0.4) is 0 Å². The minimum Gasteiger partial charge on any atom is -0.465 e. The van der Waals surface area contributed by atoms with Crippen LogP contribution in [0.4, 0.5) is 4.79 Å². The molecule has 0 aromatic carbocycles. The number of carbonyl (C=O) groups is 1. The van der Waals surface area contributed by atoms with Crippen LogP contribution in [0.5, 0.6) is 0 Å². The van der Waals surface area contributed by atoms with E-state index in [1.54, 1.807) is 6.92 Å². The molecule has 0 aromatic heterocycles. The molecule has 0 saturated heterocycles. The molecule has 0 saturated carbocycles. The van der Waals surface area contributed by atoms with Crippen molar-refractivity contribution >= 4 is 6.09 Å². The Morgan fingerprint density at radius 1 is 1.57 bits per heavy atom. The van der Waals surface area contributed by atoms with Gasteiger partial charge in [0.15, 0.2) is 0 Å². The largest absolute Gasteiger partial charge is 0.465 e. The third kappa shape index (κ3) is 4.67. The Morgan fingerprint density at radius 3 is 2.50 bits per heavy atom. The molecule has 0 aliphatic carbocycles. The van der Waals surface area contributed by atoms with Gasteiger partial charge in [-0.15, -0.1) is 0 Å². The molecule has 5 nitrogen and oxygen atoms in total. The molecule has 14 heavy (non-hydrogen) atoms. The maximum absolute atomic E-state index is 10.5. The number of aliphatic hydroxyl groups excluding tert-OH is 1. The normalized spacial score (nSPS) is 14.1. The fourth-order valence-electron chi connectivity index (χ4n) is 1.08. The fraction of sp³-hybridized carbons (Fsp3) is 0.778. The number of hydrogen-bond acceptors (Lipinski definition) is 3. The van der Waals surface area contributed by atoms with E-state index in [-0.39, 0.29) is 0 Å². The number of rotatable bonds is 5. The van der Waals surface area contributed by atoms with Gasteiger partial charge in [-0.1, -0.05) is 0 Å². The van der Waals surface area contributed by atoms with E-state index in [2.05, 4.69) is 0 Å². The van der Waals surface area contributed by atoms with Gasteiger partial charge in [-0.05, 0) is 26.2 Å². The Labute approximate surface area is 83.6 Å². The van der Waals surface area contributed by atoms with Crippen molar-refractivity contribution in [3.63, 3.8) is 0 Å². The van der Waals surface area contributed by atoms with Crippen LogP contribution in [0.15, 0.2) is 0 Å². The zero-order chi connectivity index (χ0) is 11.1. The second-order valence-corrected chi connectivity index (χ2v) is 3.32. The van der Waals surface area contributed by atoms with Crippen LogP contribution >= 0.6 is 0 Å². The number of nitrogens with zero attached hydrogens (tertiary/aromatic N) is 2. The highest BCUT2D eigenvalue weighted by molar-refractivity contribution is 5.65. The molecule has 2 N–H and O–H groups in total. The summed E-state index contributed by atoms with van der Waals surface area (Å²) >= 11 is 0. The highest BCUT2D eigenvalue weighted by Crippen LogP contribution is 2.08. The molecule has 0 aromatic rings. The maximum Gasteiger partial charge on any atom is 0.408 e. The van der Waals surface area contributed by atoms with Crippen molar-refractivity contribution in [2.75, 3.05) is 7.05 Å². The Hall–Kier alpha value is -1.28. The fourth-order valence-corrected chi connectivity index (χ4v) is 1.08. The van der Waals surface area contributed by atoms with E-state index in [1.165, 1.54) is 7.05 Å². The number of hydrogen-bond donors (Lipinski definition) is 2. The predicted molar refractivity (Wildman–Crippen MR) is 50.7 cm³/mol. The van der Waals surface area contributed by atoms with E-state index < -0.39 is 18.2 Å². The molecule has 0 aliphatic heterocycles. The summed E-state index contributed by atoms with van der Waals surface area (Å²) in [5, 5.41) is 26.3. The Balaban J connectivity index is 3.93. The molecule has 0 heterocycles. The summed E-state index contributed by atoms with van der Waals surface area (Å²) < 4.78 is 0. The molecule has 0 radical (unpaired) electrons. The van der Waals surface area contributed by atoms with Gasteiger partial charge in [0, 0.05) is 7.05 Å². The monoisotopic (exact) mass is 200 g/mol. The van der Waals surface area contributed by atoms with Gasteiger partial charge in [-0.25, -0.2) is 4.79 Å². The maximum atomic E-state index is 10.5. The molecule has 0 aliphatic rings. The van der Waals surface area contributed by atoms with E-state index in [9.17, 15) is 4.79 Å². The van der Waals surface area contributed by atoms with Crippen molar-refractivity contribution in [2.24, 2.45) is 0 Å². The van der Waals surface area contributed by atoms with Crippen LogP contribution in [0, 0.1) is 11.3 Å². The summed E-state index contributed by atoms with van der Waals surface area (Å²) in [6, 6.07) is 1.30. The molecule has 0 rings (SSSR count). The number of nitriles is 1. The van der Waals surface area contributed by atoms with E-state index in [4.69, 9.17) is 15.5 Å². The number of amides is 1. The third-order valence-electron chi connectivity index (χ3n) is 2.02. The van der Waals surface area contributed by atoms with Crippen molar-refractivity contribution < 1.29 is 15.0 Å². The van der Waals surface area contributed by atoms with Crippen LogP contribution in [-0.2, 0) is 0 Å². The van der Waals surface area contributed by atoms with Crippen LogP contribution < -0.4 is 0 Å². The highest BCUT2D eigenvalue weighted by Gasteiger charge is 2.17. The van der Waals surface area contributed by atoms with Gasteiger partial charge >= 0.3 is 6.09 Å². The van der Waals surface area contributed by atoms with Gasteiger partial charge < -0.3 is 10.2 Å². The second-order valence-electron chi connectivity index (χ2n) is 3.32. The van der Waals surface area contributed by atoms with Crippen LogP contribution in [0.1, 0.15) is 26.2 Å². The molecule has 0 fully saturated rings. The SMILES string of the molecule is CC(O)CCCC(C#N)N(C)C(=O)O. The standard InChI is InChI=1S/C9H16N2O3/c1-7(12)4-3-5-8(6-10)11(2)9(13)14/h7-8,12H,3-5H2,1-2H3,(H,13,14). The molecule has 2 unspecified atom stereocenters. The van der Waals surface area contributed by atoms with Crippen LogP contribution in [-0.4, -0.2) is 40.4 Å². The third-order valence-corrected chi connectivity index (χ3v) is 2.02. The Kier molecular flexibility index (Phi) is 5.65. The van der Waals surface area contributed by atoms with Gasteiger partial charge in [0.25, 0.3) is 0 Å². The minimum absolute atomic E-state index is 0.399. The summed E-state index contributed by atoms with van der Waals surface area (Å²) in [5.41, 5.74) is 0. The summed E-state index contributed by atoms with van der Waals surface area (Å²) in [6.07, 6.45) is 0.196. The van der Waals surface area contributed by atoms with E-state index >= 15 is 0 Å². The minimum atomic E-state index is -1.10. The van der Waals surface area contributed by atoms with E-state index in [0.717, 1.165) is 4.90 Å². The first-order valence-corrected chi connectivity index (χ1v) is 4.52. The summed E-state index contributed by atoms with van der Waals surface area (Å²) in [7, 11) is 1.37. The van der Waals surface area contributed by atoms with Gasteiger partial charge in [0.1, 0.15) is 6.04 Å². The first kappa shape index (κ1) is 12.7. The predicted octanol–water partition coefficient (Wildman–Crippen LogP) is 1.04. The lowest BCUT2D eigenvalue weighted by Gasteiger charge is -2.19. The van der Waals surface area contributed by atoms with Crippen LogP contribution in [0.2, 0.25) is 0 Å². The summed E-state index contributed by atoms with van der Waals surface area (Å²) in [6.45, 7) is 1.67. The van der Waals surface area contributed by atoms with E-state index in [0.29, 0.717) is 19.3 Å². The average Bonchev–Trinajstić information content (AvgIpc) is 2.10. The van der Waals surface area contributed by atoms with Crippen molar-refractivity contribution in [2.45, 2.75) is 38.3 Å². The van der Waals surface area contributed by atoms with Gasteiger partial charge in [-0.3, -0.25) is 4.90 Å². The highest BCUT2D eigenvalue weighted by atomic mass is 16.4. The zero-order valence-electron chi connectivity index (χ0n) is 8.47. The smallest absolute Gasteiger partial charge is 0.408 e. The molecule has 0 spiro atoms. The van der Waals surface area contributed by atoms with E-state index in [1.807, 2.05) is 6.07 Å². The summed E-state index contributed by atoms with van der Waals surface area (Å²) in [4.78, 5) is 11.5. The first-order valence-electron chi connectivity index (χ1n) is 4.52. The van der Waals surface area contributed by atoms with Gasteiger partial charge in [-0.2, -0.15) is 5.26 Å². The molecule has 5 heteroatoms.